The van der Waals surface area contributed by atoms with Crippen LogP contribution in [0.1, 0.15) is 42.2 Å². The van der Waals surface area contributed by atoms with E-state index in [1.54, 1.807) is 6.07 Å². The van der Waals surface area contributed by atoms with Gasteiger partial charge in [0.25, 0.3) is 0 Å². The molecule has 2 fully saturated rings. The number of carbonyl (C=O) groups excluding carboxylic acids is 1. The van der Waals surface area contributed by atoms with Crippen LogP contribution in [0.3, 0.4) is 0 Å². The van der Waals surface area contributed by atoms with E-state index in [9.17, 15) is 4.79 Å². The zero-order valence-corrected chi connectivity index (χ0v) is 12.8. The molecule has 0 spiro atoms. The van der Waals surface area contributed by atoms with Gasteiger partial charge in [0.15, 0.2) is 0 Å². The number of benzene rings is 1. The third-order valence-electron chi connectivity index (χ3n) is 4.40. The van der Waals surface area contributed by atoms with Gasteiger partial charge in [-0.05, 0) is 42.2 Å². The first-order chi connectivity index (χ1) is 10.7. The Morgan fingerprint density at radius 3 is 2.77 bits per heavy atom. The first kappa shape index (κ1) is 13.7. The van der Waals surface area contributed by atoms with Crippen molar-refractivity contribution in [1.29, 1.82) is 0 Å². The van der Waals surface area contributed by atoms with Crippen LogP contribution < -0.4 is 5.32 Å². The molecule has 0 unspecified atom stereocenters. The summed E-state index contributed by atoms with van der Waals surface area (Å²) in [6.45, 7) is 0. The number of nitrogens with one attached hydrogen (secondary N) is 1. The van der Waals surface area contributed by atoms with E-state index in [1.807, 2.05) is 0 Å². The lowest BCUT2D eigenvalue weighted by molar-refractivity contribution is -0.117. The summed E-state index contributed by atoms with van der Waals surface area (Å²) in [7, 11) is 0. The lowest BCUT2D eigenvalue weighted by atomic mass is 10.0. The van der Waals surface area contributed by atoms with Gasteiger partial charge < -0.3 is 5.32 Å². The Labute approximate surface area is 133 Å². The Kier molecular flexibility index (Phi) is 3.34. The van der Waals surface area contributed by atoms with Gasteiger partial charge in [-0.1, -0.05) is 35.9 Å². The molecule has 0 saturated heterocycles. The SMILES string of the molecule is O=C(Nc1cc(Cl)ncn1)[C@H]1C[C@@H]1c1cccc(C2CC2)c1. The normalized spacial score (nSPS) is 23.1. The van der Waals surface area contributed by atoms with Gasteiger partial charge in [-0.3, -0.25) is 4.79 Å². The van der Waals surface area contributed by atoms with E-state index in [1.165, 1.54) is 30.3 Å². The van der Waals surface area contributed by atoms with Crippen LogP contribution in [0, 0.1) is 5.92 Å². The molecule has 5 heteroatoms. The first-order valence-corrected chi connectivity index (χ1v) is 7.97. The van der Waals surface area contributed by atoms with Crippen molar-refractivity contribution >= 4 is 23.3 Å². The highest BCUT2D eigenvalue weighted by Gasteiger charge is 2.44. The zero-order chi connectivity index (χ0) is 15.1. The minimum absolute atomic E-state index is 0.0107. The summed E-state index contributed by atoms with van der Waals surface area (Å²) in [6.07, 6.45) is 4.85. The number of anilines is 1. The molecule has 2 aliphatic carbocycles. The number of halogens is 1. The third-order valence-corrected chi connectivity index (χ3v) is 4.61. The second-order valence-corrected chi connectivity index (χ2v) is 6.50. The van der Waals surface area contributed by atoms with E-state index < -0.39 is 0 Å². The molecule has 1 aromatic heterocycles. The molecule has 2 aliphatic rings. The van der Waals surface area contributed by atoms with Crippen molar-refractivity contribution in [3.63, 3.8) is 0 Å². The molecule has 0 aliphatic heterocycles. The maximum atomic E-state index is 12.3. The van der Waals surface area contributed by atoms with E-state index in [4.69, 9.17) is 11.6 Å². The molecule has 2 saturated carbocycles. The molecule has 2 atom stereocenters. The number of carbonyl (C=O) groups is 1. The van der Waals surface area contributed by atoms with E-state index in [-0.39, 0.29) is 11.8 Å². The van der Waals surface area contributed by atoms with Gasteiger partial charge in [0.05, 0.1) is 0 Å². The third kappa shape index (κ3) is 2.83. The Bertz CT molecular complexity index is 729. The molecular formula is C17H16ClN3O. The fourth-order valence-corrected chi connectivity index (χ4v) is 3.08. The minimum atomic E-state index is 0.0107. The van der Waals surface area contributed by atoms with Crippen molar-refractivity contribution < 1.29 is 4.79 Å². The Balaban J connectivity index is 1.43. The lowest BCUT2D eigenvalue weighted by Crippen LogP contribution is -2.15. The van der Waals surface area contributed by atoms with Crippen LogP contribution >= 0.6 is 11.6 Å². The van der Waals surface area contributed by atoms with Crippen LogP contribution in [0.25, 0.3) is 0 Å². The fourth-order valence-electron chi connectivity index (χ4n) is 2.93. The summed E-state index contributed by atoms with van der Waals surface area (Å²) in [5, 5.41) is 3.15. The predicted octanol–water partition coefficient (Wildman–Crippen LogP) is 3.75. The molecule has 4 rings (SSSR count). The fraction of sp³-hybridized carbons (Fsp3) is 0.353. The van der Waals surface area contributed by atoms with Gasteiger partial charge in [-0.2, -0.15) is 0 Å². The second kappa shape index (κ2) is 5.36. The number of nitrogens with zero attached hydrogens (tertiary/aromatic N) is 2. The monoisotopic (exact) mass is 313 g/mol. The number of hydrogen-bond acceptors (Lipinski definition) is 3. The minimum Gasteiger partial charge on any atom is -0.310 e. The molecule has 1 amide bonds. The maximum Gasteiger partial charge on any atom is 0.229 e. The van der Waals surface area contributed by atoms with E-state index in [0.717, 1.165) is 12.3 Å². The molecule has 112 valence electrons. The van der Waals surface area contributed by atoms with Crippen molar-refractivity contribution in [2.75, 3.05) is 5.32 Å². The van der Waals surface area contributed by atoms with Crippen molar-refractivity contribution in [2.24, 2.45) is 5.92 Å². The topological polar surface area (TPSA) is 54.9 Å². The molecule has 22 heavy (non-hydrogen) atoms. The van der Waals surface area contributed by atoms with E-state index in [0.29, 0.717) is 16.9 Å². The van der Waals surface area contributed by atoms with Gasteiger partial charge in [0.1, 0.15) is 17.3 Å². The smallest absolute Gasteiger partial charge is 0.229 e. The summed E-state index contributed by atoms with van der Waals surface area (Å²) >= 11 is 5.80. The first-order valence-electron chi connectivity index (χ1n) is 7.59. The average molecular weight is 314 g/mol. The molecule has 4 nitrogen and oxygen atoms in total. The Morgan fingerprint density at radius 1 is 1.18 bits per heavy atom. The van der Waals surface area contributed by atoms with Gasteiger partial charge in [0.2, 0.25) is 5.91 Å². The highest BCUT2D eigenvalue weighted by atomic mass is 35.5. The predicted molar refractivity (Wildman–Crippen MR) is 84.9 cm³/mol. The number of aromatic nitrogens is 2. The molecular weight excluding hydrogens is 298 g/mol. The molecule has 1 aromatic carbocycles. The molecule has 1 N–H and O–H groups in total. The van der Waals surface area contributed by atoms with Crippen molar-refractivity contribution in [3.05, 3.63) is 52.9 Å². The van der Waals surface area contributed by atoms with Crippen LogP contribution in [0.5, 0.6) is 0 Å². The summed E-state index contributed by atoms with van der Waals surface area (Å²) in [5.41, 5.74) is 2.71. The number of rotatable bonds is 4. The largest absolute Gasteiger partial charge is 0.310 e. The van der Waals surface area contributed by atoms with Crippen LogP contribution in [0.4, 0.5) is 5.82 Å². The van der Waals surface area contributed by atoms with Crippen LogP contribution in [0.2, 0.25) is 5.15 Å². The highest BCUT2D eigenvalue weighted by Crippen LogP contribution is 2.49. The highest BCUT2D eigenvalue weighted by molar-refractivity contribution is 6.29. The van der Waals surface area contributed by atoms with Crippen molar-refractivity contribution in [1.82, 2.24) is 9.97 Å². The van der Waals surface area contributed by atoms with Crippen molar-refractivity contribution in [3.8, 4) is 0 Å². The average Bonchev–Trinajstić information content (AvgIpc) is 3.39. The molecule has 1 heterocycles. The number of amides is 1. The quantitative estimate of drug-likeness (QED) is 0.875. The molecule has 0 bridgehead atoms. The summed E-state index contributed by atoms with van der Waals surface area (Å²) in [4.78, 5) is 20.1. The molecule has 2 aromatic rings. The van der Waals surface area contributed by atoms with Crippen molar-refractivity contribution in [2.45, 2.75) is 31.1 Å². The number of hydrogen-bond donors (Lipinski definition) is 1. The lowest BCUT2D eigenvalue weighted by Gasteiger charge is -2.05. The summed E-state index contributed by atoms with van der Waals surface area (Å²) < 4.78 is 0. The maximum absolute atomic E-state index is 12.3. The second-order valence-electron chi connectivity index (χ2n) is 6.11. The van der Waals surface area contributed by atoms with Crippen LogP contribution in [-0.4, -0.2) is 15.9 Å². The van der Waals surface area contributed by atoms with Crippen LogP contribution in [-0.2, 0) is 4.79 Å². The van der Waals surface area contributed by atoms with Gasteiger partial charge in [-0.25, -0.2) is 9.97 Å². The molecule has 0 radical (unpaired) electrons. The van der Waals surface area contributed by atoms with E-state index >= 15 is 0 Å². The Hall–Kier alpha value is -1.94. The standard InChI is InChI=1S/C17H16ClN3O/c18-15-8-16(20-9-19-15)21-17(22)14-7-13(14)12-3-1-2-11(6-12)10-4-5-10/h1-3,6,8-10,13-14H,4-5,7H2,(H,19,20,21,22)/t13-,14+/m1/s1. The van der Waals surface area contributed by atoms with E-state index in [2.05, 4.69) is 39.6 Å². The van der Waals surface area contributed by atoms with Gasteiger partial charge in [-0.15, -0.1) is 0 Å². The summed E-state index contributed by atoms with van der Waals surface area (Å²) in [5.74, 6) is 1.58. The van der Waals surface area contributed by atoms with Crippen LogP contribution in [0.15, 0.2) is 36.7 Å². The van der Waals surface area contributed by atoms with Gasteiger partial charge in [0, 0.05) is 12.0 Å². The summed E-state index contributed by atoms with van der Waals surface area (Å²) in [6, 6.07) is 10.3. The zero-order valence-electron chi connectivity index (χ0n) is 12.0. The van der Waals surface area contributed by atoms with Gasteiger partial charge >= 0.3 is 0 Å². The Morgan fingerprint density at radius 2 is 2.00 bits per heavy atom.